The van der Waals surface area contributed by atoms with Crippen molar-refractivity contribution < 1.29 is 29.2 Å². The van der Waals surface area contributed by atoms with E-state index in [1.54, 1.807) is 0 Å². The second-order valence-electron chi connectivity index (χ2n) is 2.11. The van der Waals surface area contributed by atoms with Crippen LogP contribution in [0.3, 0.4) is 0 Å². The van der Waals surface area contributed by atoms with Crippen LogP contribution in [-0.4, -0.2) is 27.3 Å². The standard InChI is InChI=1S/C5H4BF3N2O3/c7-5(8,9)4-10-1-3(2-11-4)14-6(12)13/h1-2,12-13H/i1D. The summed E-state index contributed by atoms with van der Waals surface area (Å²) in [7, 11) is -2.24. The molecule has 1 aromatic heterocycles. The fourth-order valence-electron chi connectivity index (χ4n) is 0.592. The highest BCUT2D eigenvalue weighted by Crippen LogP contribution is 2.26. The summed E-state index contributed by atoms with van der Waals surface area (Å²) in [6, 6.07) is 0. The highest BCUT2D eigenvalue weighted by Gasteiger charge is 2.34. The van der Waals surface area contributed by atoms with Gasteiger partial charge in [-0.2, -0.15) is 13.2 Å². The van der Waals surface area contributed by atoms with Crippen molar-refractivity contribution in [3.05, 3.63) is 18.2 Å². The van der Waals surface area contributed by atoms with Crippen molar-refractivity contribution in [2.75, 3.05) is 0 Å². The molecular formula is C5H4BF3N2O3. The largest absolute Gasteiger partial charge is 0.707 e. The Balaban J connectivity index is 2.98. The Kier molecular flexibility index (Phi) is 2.50. The first-order valence-electron chi connectivity index (χ1n) is 3.74. The van der Waals surface area contributed by atoms with Crippen LogP contribution >= 0.6 is 0 Å². The molecular weight excluding hydrogens is 204 g/mol. The van der Waals surface area contributed by atoms with E-state index in [0.29, 0.717) is 6.20 Å². The SMILES string of the molecule is [2H]c1nc(C(F)(F)F)ncc1OB(O)O. The zero-order chi connectivity index (χ0) is 11.6. The van der Waals surface area contributed by atoms with Crippen molar-refractivity contribution in [3.8, 4) is 5.75 Å². The lowest BCUT2D eigenvalue weighted by Crippen LogP contribution is -2.21. The normalized spacial score (nSPS) is 12.2. The number of halogens is 3. The van der Waals surface area contributed by atoms with Crippen molar-refractivity contribution in [2.24, 2.45) is 0 Å². The first-order valence-corrected chi connectivity index (χ1v) is 3.24. The topological polar surface area (TPSA) is 75.5 Å². The molecule has 76 valence electrons. The van der Waals surface area contributed by atoms with Gasteiger partial charge in [-0.25, -0.2) is 9.97 Å². The summed E-state index contributed by atoms with van der Waals surface area (Å²) in [6.45, 7) is 0. The molecule has 0 unspecified atom stereocenters. The van der Waals surface area contributed by atoms with Gasteiger partial charge in [0.15, 0.2) is 0 Å². The Hall–Kier alpha value is -1.35. The summed E-state index contributed by atoms with van der Waals surface area (Å²) in [5.74, 6) is -2.05. The predicted molar refractivity (Wildman–Crippen MR) is 37.9 cm³/mol. The van der Waals surface area contributed by atoms with Crippen molar-refractivity contribution in [3.63, 3.8) is 0 Å². The summed E-state index contributed by atoms with van der Waals surface area (Å²) >= 11 is 0. The smallest absolute Gasteiger partial charge is 0.509 e. The summed E-state index contributed by atoms with van der Waals surface area (Å²) < 4.78 is 47.2. The molecule has 0 bridgehead atoms. The molecule has 0 fully saturated rings. The third-order valence-electron chi connectivity index (χ3n) is 1.06. The molecule has 0 atom stereocenters. The molecule has 0 saturated heterocycles. The molecule has 0 aliphatic rings. The van der Waals surface area contributed by atoms with E-state index in [1.807, 2.05) is 0 Å². The number of aromatic nitrogens is 2. The lowest BCUT2D eigenvalue weighted by atomic mass is 10.2. The molecule has 2 N–H and O–H groups in total. The molecule has 0 saturated carbocycles. The minimum absolute atomic E-state index is 0.539. The molecule has 1 aromatic rings. The van der Waals surface area contributed by atoms with E-state index in [0.717, 1.165) is 0 Å². The van der Waals surface area contributed by atoms with Gasteiger partial charge in [0.05, 0.1) is 13.7 Å². The van der Waals surface area contributed by atoms with E-state index < -0.39 is 31.2 Å². The summed E-state index contributed by atoms with van der Waals surface area (Å²) in [6.07, 6.45) is -5.10. The van der Waals surface area contributed by atoms with Crippen molar-refractivity contribution in [1.29, 1.82) is 0 Å². The zero-order valence-corrected chi connectivity index (χ0v) is 6.49. The van der Waals surface area contributed by atoms with Crippen LogP contribution in [0.15, 0.2) is 12.4 Å². The summed E-state index contributed by atoms with van der Waals surface area (Å²) in [5.41, 5.74) is 0. The Morgan fingerprint density at radius 3 is 2.50 bits per heavy atom. The van der Waals surface area contributed by atoms with E-state index in [9.17, 15) is 13.2 Å². The van der Waals surface area contributed by atoms with Gasteiger partial charge in [0.1, 0.15) is 5.75 Å². The van der Waals surface area contributed by atoms with Gasteiger partial charge in [-0.15, -0.1) is 0 Å². The van der Waals surface area contributed by atoms with Gasteiger partial charge in [-0.1, -0.05) is 0 Å². The Morgan fingerprint density at radius 1 is 1.43 bits per heavy atom. The van der Waals surface area contributed by atoms with Gasteiger partial charge in [-0.3, -0.25) is 0 Å². The molecule has 0 aromatic carbocycles. The molecule has 0 aliphatic carbocycles. The lowest BCUT2D eigenvalue weighted by molar-refractivity contribution is -0.145. The molecule has 0 spiro atoms. The Morgan fingerprint density at radius 2 is 2.07 bits per heavy atom. The van der Waals surface area contributed by atoms with Gasteiger partial charge >= 0.3 is 13.5 Å². The number of hydrogen-bond donors (Lipinski definition) is 2. The van der Waals surface area contributed by atoms with E-state index in [-0.39, 0.29) is 0 Å². The molecule has 1 rings (SSSR count). The third-order valence-corrected chi connectivity index (χ3v) is 1.06. The maximum atomic E-state index is 12.0. The lowest BCUT2D eigenvalue weighted by Gasteiger charge is -2.06. The second-order valence-corrected chi connectivity index (χ2v) is 2.11. The number of alkyl halides is 3. The van der Waals surface area contributed by atoms with Crippen LogP contribution in [0.5, 0.6) is 5.75 Å². The van der Waals surface area contributed by atoms with E-state index >= 15 is 0 Å². The van der Waals surface area contributed by atoms with Crippen LogP contribution in [0.25, 0.3) is 0 Å². The molecule has 1 heterocycles. The molecule has 5 nitrogen and oxygen atoms in total. The Labute approximate surface area is 77.8 Å². The van der Waals surface area contributed by atoms with Gasteiger partial charge in [-0.05, 0) is 0 Å². The molecule has 0 amide bonds. The fraction of sp³-hybridized carbons (Fsp3) is 0.200. The molecule has 0 aliphatic heterocycles. The highest BCUT2D eigenvalue weighted by atomic mass is 19.4. The van der Waals surface area contributed by atoms with E-state index in [1.165, 1.54) is 0 Å². The number of nitrogens with zero attached hydrogens (tertiary/aromatic N) is 2. The minimum atomic E-state index is -4.76. The average molecular weight is 209 g/mol. The van der Waals surface area contributed by atoms with Crippen LogP contribution in [0.4, 0.5) is 13.2 Å². The van der Waals surface area contributed by atoms with E-state index in [4.69, 9.17) is 11.4 Å². The molecule has 0 radical (unpaired) electrons. The van der Waals surface area contributed by atoms with Crippen LogP contribution in [0, 0.1) is 0 Å². The third kappa shape index (κ3) is 2.85. The van der Waals surface area contributed by atoms with Crippen molar-refractivity contribution in [1.82, 2.24) is 9.97 Å². The first kappa shape index (κ1) is 9.22. The van der Waals surface area contributed by atoms with Crippen molar-refractivity contribution in [2.45, 2.75) is 6.18 Å². The zero-order valence-electron chi connectivity index (χ0n) is 7.49. The van der Waals surface area contributed by atoms with Crippen LogP contribution in [0.1, 0.15) is 7.20 Å². The minimum Gasteiger partial charge on any atom is -0.509 e. The monoisotopic (exact) mass is 209 g/mol. The fourth-order valence-corrected chi connectivity index (χ4v) is 0.592. The molecule has 14 heavy (non-hydrogen) atoms. The van der Waals surface area contributed by atoms with Crippen LogP contribution in [-0.2, 0) is 6.18 Å². The maximum absolute atomic E-state index is 12.0. The second kappa shape index (κ2) is 3.80. The summed E-state index contributed by atoms with van der Waals surface area (Å²) in [5, 5.41) is 16.7. The highest BCUT2D eigenvalue weighted by molar-refractivity contribution is 6.33. The van der Waals surface area contributed by atoms with Gasteiger partial charge in [0.2, 0.25) is 5.82 Å². The van der Waals surface area contributed by atoms with Crippen LogP contribution in [0.2, 0.25) is 0 Å². The molecule has 9 heteroatoms. The Bertz CT molecular complexity index is 362. The van der Waals surface area contributed by atoms with Gasteiger partial charge in [0.25, 0.3) is 0 Å². The summed E-state index contributed by atoms with van der Waals surface area (Å²) in [4.78, 5) is 5.64. The first-order chi connectivity index (χ1) is 6.80. The average Bonchev–Trinajstić information content (AvgIpc) is 2.05. The van der Waals surface area contributed by atoms with Gasteiger partial charge < -0.3 is 14.7 Å². The maximum Gasteiger partial charge on any atom is 0.707 e. The van der Waals surface area contributed by atoms with Crippen LogP contribution < -0.4 is 4.65 Å². The number of hydrogen-bond acceptors (Lipinski definition) is 5. The van der Waals surface area contributed by atoms with E-state index in [2.05, 4.69) is 14.6 Å². The number of rotatable bonds is 2. The predicted octanol–water partition coefficient (Wildman–Crippen LogP) is -0.156. The van der Waals surface area contributed by atoms with Gasteiger partial charge in [0, 0.05) is 0 Å². The quantitative estimate of drug-likeness (QED) is 0.662. The van der Waals surface area contributed by atoms with Crippen molar-refractivity contribution >= 4 is 7.32 Å².